The molecule has 0 spiro atoms. The Morgan fingerprint density at radius 2 is 1.77 bits per heavy atom. The molecule has 0 saturated heterocycles. The molecular formula is C27H45N3. The number of amidine groups is 1. The Kier molecular flexibility index (Phi) is 14.5. The molecule has 0 aliphatic carbocycles. The van der Waals surface area contributed by atoms with Gasteiger partial charge in [0.1, 0.15) is 5.71 Å². The number of hydrogen-bond donors (Lipinski definition) is 2. The van der Waals surface area contributed by atoms with E-state index in [4.69, 9.17) is 5.41 Å². The van der Waals surface area contributed by atoms with Crippen molar-refractivity contribution < 1.29 is 0 Å². The summed E-state index contributed by atoms with van der Waals surface area (Å²) in [7, 11) is 1.75. The first-order chi connectivity index (χ1) is 14.2. The van der Waals surface area contributed by atoms with Gasteiger partial charge in [-0.3, -0.25) is 10.4 Å². The third-order valence-electron chi connectivity index (χ3n) is 5.44. The van der Waals surface area contributed by atoms with Gasteiger partial charge in [-0.2, -0.15) is 0 Å². The van der Waals surface area contributed by atoms with Gasteiger partial charge in [0, 0.05) is 18.3 Å². The van der Waals surface area contributed by atoms with E-state index in [2.05, 4.69) is 89.2 Å². The fourth-order valence-corrected chi connectivity index (χ4v) is 3.05. The Bertz CT molecular complexity index is 712. The predicted molar refractivity (Wildman–Crippen MR) is 137 cm³/mol. The molecule has 0 saturated carbocycles. The van der Waals surface area contributed by atoms with Gasteiger partial charge in [-0.05, 0) is 70.8 Å². The van der Waals surface area contributed by atoms with Gasteiger partial charge in [-0.15, -0.1) is 0 Å². The predicted octanol–water partition coefficient (Wildman–Crippen LogP) is 7.80. The summed E-state index contributed by atoms with van der Waals surface area (Å²) in [4.78, 5) is 4.41. The molecule has 168 valence electrons. The molecule has 3 heteroatoms. The average Bonchev–Trinajstić information content (AvgIpc) is 2.73. The van der Waals surface area contributed by atoms with Crippen LogP contribution in [0.1, 0.15) is 81.1 Å². The summed E-state index contributed by atoms with van der Waals surface area (Å²) in [5.41, 5.74) is 5.11. The van der Waals surface area contributed by atoms with E-state index in [1.807, 2.05) is 13.0 Å². The van der Waals surface area contributed by atoms with E-state index in [1.54, 1.807) is 7.05 Å². The lowest BCUT2D eigenvalue weighted by molar-refractivity contribution is 0.486. The minimum Gasteiger partial charge on any atom is -0.343 e. The third kappa shape index (κ3) is 10.0. The van der Waals surface area contributed by atoms with Gasteiger partial charge in [-0.25, -0.2) is 0 Å². The zero-order valence-corrected chi connectivity index (χ0v) is 20.9. The summed E-state index contributed by atoms with van der Waals surface area (Å²) in [6, 6.07) is 0. The van der Waals surface area contributed by atoms with Crippen LogP contribution in [0.25, 0.3) is 0 Å². The summed E-state index contributed by atoms with van der Waals surface area (Å²) in [5, 5.41) is 12.3. The van der Waals surface area contributed by atoms with Crippen molar-refractivity contribution in [3.05, 3.63) is 58.9 Å². The van der Waals surface area contributed by atoms with Crippen LogP contribution in [0.5, 0.6) is 0 Å². The largest absolute Gasteiger partial charge is 0.343 e. The van der Waals surface area contributed by atoms with Crippen molar-refractivity contribution in [2.75, 3.05) is 7.05 Å². The Morgan fingerprint density at radius 1 is 1.10 bits per heavy atom. The average molecular weight is 412 g/mol. The van der Waals surface area contributed by atoms with Crippen molar-refractivity contribution in [1.82, 2.24) is 5.32 Å². The van der Waals surface area contributed by atoms with E-state index in [9.17, 15) is 0 Å². The highest BCUT2D eigenvalue weighted by Gasteiger charge is 2.21. The van der Waals surface area contributed by atoms with Crippen molar-refractivity contribution >= 4 is 11.5 Å². The molecule has 0 fully saturated rings. The molecule has 0 bridgehead atoms. The van der Waals surface area contributed by atoms with Gasteiger partial charge in [0.05, 0.1) is 0 Å². The van der Waals surface area contributed by atoms with Gasteiger partial charge in [0.2, 0.25) is 0 Å². The second-order valence-electron chi connectivity index (χ2n) is 8.19. The van der Waals surface area contributed by atoms with E-state index in [1.165, 1.54) is 11.1 Å². The highest BCUT2D eigenvalue weighted by atomic mass is 15.0. The molecule has 0 aliphatic heterocycles. The van der Waals surface area contributed by atoms with Gasteiger partial charge >= 0.3 is 0 Å². The number of nitrogens with zero attached hydrogens (tertiary/aromatic N) is 1. The highest BCUT2D eigenvalue weighted by Crippen LogP contribution is 2.28. The van der Waals surface area contributed by atoms with Crippen LogP contribution < -0.4 is 5.32 Å². The summed E-state index contributed by atoms with van der Waals surface area (Å²) < 4.78 is 0. The van der Waals surface area contributed by atoms with Crippen LogP contribution in [0.3, 0.4) is 0 Å². The first-order valence-corrected chi connectivity index (χ1v) is 11.4. The molecule has 0 amide bonds. The van der Waals surface area contributed by atoms with Crippen molar-refractivity contribution in [3.8, 4) is 0 Å². The van der Waals surface area contributed by atoms with E-state index < -0.39 is 0 Å². The minimum atomic E-state index is 0.351. The molecule has 0 aromatic heterocycles. The Balaban J connectivity index is 5.60. The van der Waals surface area contributed by atoms with E-state index in [0.717, 1.165) is 37.0 Å². The summed E-state index contributed by atoms with van der Waals surface area (Å²) in [5.74, 6) is 1.46. The second-order valence-corrected chi connectivity index (χ2v) is 8.19. The molecule has 3 nitrogen and oxygen atoms in total. The van der Waals surface area contributed by atoms with E-state index in [-0.39, 0.29) is 0 Å². The van der Waals surface area contributed by atoms with Gasteiger partial charge < -0.3 is 5.32 Å². The maximum atomic E-state index is 8.93. The zero-order valence-electron chi connectivity index (χ0n) is 20.9. The number of hydrogen-bond acceptors (Lipinski definition) is 2. The van der Waals surface area contributed by atoms with Crippen LogP contribution in [0.15, 0.2) is 63.9 Å². The quantitative estimate of drug-likeness (QED) is 0.111. The highest BCUT2D eigenvalue weighted by molar-refractivity contribution is 6.47. The van der Waals surface area contributed by atoms with Gasteiger partial charge in [-0.1, -0.05) is 69.7 Å². The van der Waals surface area contributed by atoms with Crippen molar-refractivity contribution in [1.29, 1.82) is 5.41 Å². The Morgan fingerprint density at radius 3 is 2.27 bits per heavy atom. The topological polar surface area (TPSA) is 48.2 Å². The molecule has 1 atom stereocenters. The van der Waals surface area contributed by atoms with Crippen molar-refractivity contribution in [2.24, 2.45) is 16.8 Å². The maximum absolute atomic E-state index is 8.93. The maximum Gasteiger partial charge on any atom is 0.151 e. The molecule has 1 unspecified atom stereocenters. The molecule has 0 radical (unpaired) electrons. The van der Waals surface area contributed by atoms with Crippen molar-refractivity contribution in [2.45, 2.75) is 81.1 Å². The van der Waals surface area contributed by atoms with Crippen LogP contribution in [-0.2, 0) is 0 Å². The normalized spacial score (nSPS) is 15.9. The standard InChI is InChI=1S/C27H45N3/c1-10-13-19-24(23(8)20(4)5)25(16-11-2)26(28)27(29-9)30-22(7)18-15-14-17-21(6)12-3/h10,12-13,16,18-20,23,28H,11,14-15,17H2,1-9H3,(H,29,30)/b13-10?,21-12?,22-18?,24-19-,25-16+,28-26?. The van der Waals surface area contributed by atoms with Crippen LogP contribution >= 0.6 is 0 Å². The molecule has 2 N–H and O–H groups in total. The van der Waals surface area contributed by atoms with E-state index in [0.29, 0.717) is 23.4 Å². The van der Waals surface area contributed by atoms with Gasteiger partial charge in [0.25, 0.3) is 0 Å². The fraction of sp³-hybridized carbons (Fsp3) is 0.556. The van der Waals surface area contributed by atoms with Crippen LogP contribution in [0.4, 0.5) is 0 Å². The van der Waals surface area contributed by atoms with Crippen molar-refractivity contribution in [3.63, 3.8) is 0 Å². The number of allylic oxidation sites excluding steroid dienone is 9. The number of unbranched alkanes of at least 4 members (excludes halogenated alkanes) is 1. The van der Waals surface area contributed by atoms with Crippen LogP contribution in [-0.4, -0.2) is 18.6 Å². The molecular weight excluding hydrogens is 366 g/mol. The lowest BCUT2D eigenvalue weighted by atomic mass is 9.83. The molecule has 0 heterocycles. The summed E-state index contributed by atoms with van der Waals surface area (Å²) in [6.07, 6.45) is 17.0. The number of rotatable bonds is 12. The number of nitrogens with one attached hydrogen (secondary N) is 2. The number of aliphatic imine (C=N–C) groups is 1. The smallest absolute Gasteiger partial charge is 0.151 e. The zero-order chi connectivity index (χ0) is 23.1. The monoisotopic (exact) mass is 411 g/mol. The summed E-state index contributed by atoms with van der Waals surface area (Å²) >= 11 is 0. The lowest BCUT2D eigenvalue weighted by Gasteiger charge is -2.24. The molecule has 0 aromatic rings. The first-order valence-electron chi connectivity index (χ1n) is 11.4. The molecule has 30 heavy (non-hydrogen) atoms. The Hall–Kier alpha value is -2.16. The SMILES string of the molecule is CC=C/C=C(\C(=C/CC)C(=N)C(=NC)NC(C)=CCCCC(C)=CC)C(C)C(C)C. The van der Waals surface area contributed by atoms with Crippen LogP contribution in [0.2, 0.25) is 0 Å². The fourth-order valence-electron chi connectivity index (χ4n) is 3.05. The molecule has 0 aromatic carbocycles. The minimum absolute atomic E-state index is 0.351. The first kappa shape index (κ1) is 27.8. The summed E-state index contributed by atoms with van der Waals surface area (Å²) in [6.45, 7) is 17.2. The Labute approximate surface area is 186 Å². The lowest BCUT2D eigenvalue weighted by Crippen LogP contribution is -2.32. The third-order valence-corrected chi connectivity index (χ3v) is 5.44. The molecule has 0 rings (SSSR count). The van der Waals surface area contributed by atoms with Gasteiger partial charge in [0.15, 0.2) is 5.84 Å². The van der Waals surface area contributed by atoms with E-state index >= 15 is 0 Å². The van der Waals surface area contributed by atoms with Crippen LogP contribution in [0, 0.1) is 17.2 Å². The molecule has 0 aliphatic rings. The second kappa shape index (κ2) is 15.6.